The molecule has 4 heteroatoms. The Balaban J connectivity index is 2.93. The number of thioether (sulfide) groups is 1. The predicted molar refractivity (Wildman–Crippen MR) is 53.3 cm³/mol. The average molecular weight is 218 g/mol. The molecule has 0 aliphatic carbocycles. The molecule has 0 aliphatic heterocycles. The van der Waals surface area contributed by atoms with Crippen LogP contribution in [-0.4, -0.2) is 10.9 Å². The normalized spacial score (nSPS) is 10.6. The van der Waals surface area contributed by atoms with Crippen LogP contribution in [0.5, 0.6) is 0 Å². The quantitative estimate of drug-likeness (QED) is 0.784. The number of aliphatic hydroxyl groups is 1. The van der Waals surface area contributed by atoms with Crippen LogP contribution in [0.3, 0.4) is 0 Å². The van der Waals surface area contributed by atoms with Gasteiger partial charge in [-0.25, -0.2) is 8.78 Å². The van der Waals surface area contributed by atoms with Crippen molar-refractivity contribution in [1.29, 1.82) is 0 Å². The Hall–Kier alpha value is -0.610. The van der Waals surface area contributed by atoms with Crippen LogP contribution in [0, 0.1) is 11.6 Å². The summed E-state index contributed by atoms with van der Waals surface area (Å²) in [5, 5.41) is 8.71. The number of benzene rings is 1. The van der Waals surface area contributed by atoms with Gasteiger partial charge in [-0.1, -0.05) is 6.92 Å². The van der Waals surface area contributed by atoms with Gasteiger partial charge in [-0.05, 0) is 29.9 Å². The largest absolute Gasteiger partial charge is 0.392 e. The van der Waals surface area contributed by atoms with Gasteiger partial charge in [0.25, 0.3) is 0 Å². The molecule has 0 atom stereocenters. The van der Waals surface area contributed by atoms with Crippen molar-refractivity contribution in [3.63, 3.8) is 0 Å². The van der Waals surface area contributed by atoms with Gasteiger partial charge in [-0.2, -0.15) is 0 Å². The summed E-state index contributed by atoms with van der Waals surface area (Å²) in [6.07, 6.45) is 0.866. The number of halogens is 2. The topological polar surface area (TPSA) is 20.2 Å². The fraction of sp³-hybridized carbons (Fsp3) is 0.400. The lowest BCUT2D eigenvalue weighted by Gasteiger charge is -2.05. The van der Waals surface area contributed by atoms with Gasteiger partial charge in [0, 0.05) is 0 Å². The van der Waals surface area contributed by atoms with Crippen LogP contribution >= 0.6 is 11.8 Å². The third kappa shape index (κ3) is 2.69. The molecule has 1 N–H and O–H groups in total. The first-order valence-corrected chi connectivity index (χ1v) is 5.39. The standard InChI is InChI=1S/C10H12F2OS/c1-2-3-14-10-8(11)4-7(6-13)5-9(10)12/h4-5,13H,2-3,6H2,1H3. The van der Waals surface area contributed by atoms with Gasteiger partial charge in [-0.3, -0.25) is 0 Å². The van der Waals surface area contributed by atoms with Gasteiger partial charge in [-0.15, -0.1) is 11.8 Å². The first kappa shape index (κ1) is 11.5. The smallest absolute Gasteiger partial charge is 0.140 e. The fourth-order valence-electron chi connectivity index (χ4n) is 1.05. The fourth-order valence-corrected chi connectivity index (χ4v) is 1.85. The molecular weight excluding hydrogens is 206 g/mol. The van der Waals surface area contributed by atoms with Gasteiger partial charge < -0.3 is 5.11 Å². The molecule has 0 aromatic heterocycles. The van der Waals surface area contributed by atoms with Crippen molar-refractivity contribution >= 4 is 11.8 Å². The maximum atomic E-state index is 13.2. The lowest BCUT2D eigenvalue weighted by atomic mass is 10.2. The minimum absolute atomic E-state index is 0.0454. The van der Waals surface area contributed by atoms with Crippen molar-refractivity contribution in [2.24, 2.45) is 0 Å². The molecule has 1 nitrogen and oxygen atoms in total. The minimum Gasteiger partial charge on any atom is -0.392 e. The number of aliphatic hydroxyl groups excluding tert-OH is 1. The summed E-state index contributed by atoms with van der Waals surface area (Å²) in [4.78, 5) is 0.0454. The van der Waals surface area contributed by atoms with E-state index >= 15 is 0 Å². The molecule has 0 spiro atoms. The number of hydrogen-bond donors (Lipinski definition) is 1. The zero-order valence-electron chi connectivity index (χ0n) is 7.89. The van der Waals surface area contributed by atoms with Crippen LogP contribution < -0.4 is 0 Å². The third-order valence-electron chi connectivity index (χ3n) is 1.69. The summed E-state index contributed by atoms with van der Waals surface area (Å²) < 4.78 is 26.5. The van der Waals surface area contributed by atoms with Crippen LogP contribution in [0.2, 0.25) is 0 Å². The van der Waals surface area contributed by atoms with E-state index in [1.54, 1.807) is 0 Å². The highest BCUT2D eigenvalue weighted by Crippen LogP contribution is 2.26. The van der Waals surface area contributed by atoms with Gasteiger partial charge >= 0.3 is 0 Å². The van der Waals surface area contributed by atoms with Crippen LogP contribution in [0.4, 0.5) is 8.78 Å². The third-order valence-corrected chi connectivity index (χ3v) is 2.98. The molecule has 1 rings (SSSR count). The zero-order valence-corrected chi connectivity index (χ0v) is 8.70. The highest BCUT2D eigenvalue weighted by atomic mass is 32.2. The van der Waals surface area contributed by atoms with Crippen molar-refractivity contribution in [2.45, 2.75) is 24.8 Å². The molecule has 1 aromatic carbocycles. The summed E-state index contributed by atoms with van der Waals surface area (Å²) >= 11 is 1.16. The minimum atomic E-state index is -0.590. The molecule has 0 aliphatic rings. The maximum Gasteiger partial charge on any atom is 0.140 e. The number of hydrogen-bond acceptors (Lipinski definition) is 2. The van der Waals surface area contributed by atoms with Crippen LogP contribution in [0.25, 0.3) is 0 Å². The van der Waals surface area contributed by atoms with Gasteiger partial charge in [0.15, 0.2) is 0 Å². The van der Waals surface area contributed by atoms with E-state index in [1.807, 2.05) is 6.92 Å². The molecule has 14 heavy (non-hydrogen) atoms. The monoisotopic (exact) mass is 218 g/mol. The van der Waals surface area contributed by atoms with E-state index in [1.165, 1.54) is 12.1 Å². The van der Waals surface area contributed by atoms with Crippen LogP contribution in [0.15, 0.2) is 17.0 Å². The van der Waals surface area contributed by atoms with Crippen molar-refractivity contribution in [1.82, 2.24) is 0 Å². The Morgan fingerprint density at radius 2 is 1.86 bits per heavy atom. The first-order chi connectivity index (χ1) is 6.69. The maximum absolute atomic E-state index is 13.2. The highest BCUT2D eigenvalue weighted by Gasteiger charge is 2.10. The van der Waals surface area contributed by atoms with E-state index in [0.29, 0.717) is 5.75 Å². The summed E-state index contributed by atoms with van der Waals surface area (Å²) in [5.41, 5.74) is 0.265. The molecule has 0 bridgehead atoms. The van der Waals surface area contributed by atoms with E-state index in [4.69, 9.17) is 5.11 Å². The summed E-state index contributed by atoms with van der Waals surface area (Å²) in [6, 6.07) is 2.34. The molecule has 78 valence electrons. The molecule has 0 saturated heterocycles. The van der Waals surface area contributed by atoms with Crippen molar-refractivity contribution in [2.75, 3.05) is 5.75 Å². The average Bonchev–Trinajstić information content (AvgIpc) is 2.16. The second-order valence-electron chi connectivity index (χ2n) is 2.90. The van der Waals surface area contributed by atoms with Crippen molar-refractivity contribution < 1.29 is 13.9 Å². The summed E-state index contributed by atoms with van der Waals surface area (Å²) in [6.45, 7) is 1.61. The Morgan fingerprint density at radius 1 is 1.29 bits per heavy atom. The molecule has 0 amide bonds. The van der Waals surface area contributed by atoms with E-state index < -0.39 is 11.6 Å². The first-order valence-electron chi connectivity index (χ1n) is 4.40. The van der Waals surface area contributed by atoms with Crippen LogP contribution in [-0.2, 0) is 6.61 Å². The van der Waals surface area contributed by atoms with Crippen molar-refractivity contribution in [3.05, 3.63) is 29.3 Å². The zero-order chi connectivity index (χ0) is 10.6. The van der Waals surface area contributed by atoms with Gasteiger partial charge in [0.05, 0.1) is 11.5 Å². The lowest BCUT2D eigenvalue weighted by Crippen LogP contribution is -1.93. The predicted octanol–water partition coefficient (Wildman–Crippen LogP) is 2.96. The Kier molecular flexibility index (Phi) is 4.35. The van der Waals surface area contributed by atoms with Crippen LogP contribution in [0.1, 0.15) is 18.9 Å². The highest BCUT2D eigenvalue weighted by molar-refractivity contribution is 7.99. The molecular formula is C10H12F2OS. The Morgan fingerprint density at radius 3 is 2.29 bits per heavy atom. The molecule has 0 saturated carbocycles. The Bertz CT molecular complexity index is 292. The molecule has 0 unspecified atom stereocenters. The summed E-state index contributed by atoms with van der Waals surface area (Å²) in [5.74, 6) is -0.494. The Labute approximate surface area is 86.1 Å². The van der Waals surface area contributed by atoms with E-state index in [2.05, 4.69) is 0 Å². The van der Waals surface area contributed by atoms with E-state index in [0.717, 1.165) is 18.2 Å². The number of rotatable bonds is 4. The van der Waals surface area contributed by atoms with E-state index in [9.17, 15) is 8.78 Å². The van der Waals surface area contributed by atoms with Crippen molar-refractivity contribution in [3.8, 4) is 0 Å². The van der Waals surface area contributed by atoms with Gasteiger partial charge in [0.2, 0.25) is 0 Å². The second-order valence-corrected chi connectivity index (χ2v) is 4.00. The molecule has 1 aromatic rings. The lowest BCUT2D eigenvalue weighted by molar-refractivity contribution is 0.280. The van der Waals surface area contributed by atoms with E-state index in [-0.39, 0.29) is 17.1 Å². The molecule has 0 heterocycles. The summed E-state index contributed by atoms with van der Waals surface area (Å²) in [7, 11) is 0. The molecule has 0 fully saturated rings. The van der Waals surface area contributed by atoms with Gasteiger partial charge in [0.1, 0.15) is 11.6 Å². The SMILES string of the molecule is CCCSc1c(F)cc(CO)cc1F. The molecule has 0 radical (unpaired) electrons. The second kappa shape index (κ2) is 5.32.